The predicted octanol–water partition coefficient (Wildman–Crippen LogP) is 0.641. The van der Waals surface area contributed by atoms with Crippen molar-refractivity contribution in [2.45, 2.75) is 6.42 Å². The topological polar surface area (TPSA) is 93.9 Å². The van der Waals surface area contributed by atoms with Gasteiger partial charge in [0, 0.05) is 19.7 Å². The highest BCUT2D eigenvalue weighted by atomic mass is 32.2. The molecular formula is C12H21N3O4S. The zero-order valence-electron chi connectivity index (χ0n) is 11.9. The summed E-state index contributed by atoms with van der Waals surface area (Å²) < 4.78 is 38.1. The van der Waals surface area contributed by atoms with Gasteiger partial charge in [0.15, 0.2) is 0 Å². The van der Waals surface area contributed by atoms with Crippen LogP contribution in [0.5, 0.6) is 11.5 Å². The Morgan fingerprint density at radius 1 is 1.30 bits per heavy atom. The van der Waals surface area contributed by atoms with Crippen LogP contribution in [-0.2, 0) is 10.2 Å². The molecule has 0 radical (unpaired) electrons. The van der Waals surface area contributed by atoms with Gasteiger partial charge in [0.1, 0.15) is 11.5 Å². The first-order valence-corrected chi connectivity index (χ1v) is 7.54. The van der Waals surface area contributed by atoms with E-state index in [1.165, 1.54) is 25.6 Å². The van der Waals surface area contributed by atoms with Crippen molar-refractivity contribution in [1.29, 1.82) is 0 Å². The monoisotopic (exact) mass is 303 g/mol. The number of ether oxygens (including phenoxy) is 2. The minimum Gasteiger partial charge on any atom is -0.497 e. The van der Waals surface area contributed by atoms with E-state index in [0.29, 0.717) is 36.7 Å². The molecule has 7 nitrogen and oxygen atoms in total. The SMILES string of the molecule is COc1ccc(NS(=O)(=O)N(C)CCCN)c(OC)c1. The maximum atomic E-state index is 12.1. The zero-order valence-corrected chi connectivity index (χ0v) is 12.7. The minimum atomic E-state index is -3.63. The van der Waals surface area contributed by atoms with Crippen LogP contribution >= 0.6 is 0 Å². The number of nitrogens with one attached hydrogen (secondary N) is 1. The molecule has 0 saturated heterocycles. The summed E-state index contributed by atoms with van der Waals surface area (Å²) in [6.07, 6.45) is 0.594. The molecule has 0 aromatic heterocycles. The second-order valence-corrected chi connectivity index (χ2v) is 5.91. The van der Waals surface area contributed by atoms with Crippen molar-refractivity contribution in [3.8, 4) is 11.5 Å². The third-order valence-electron chi connectivity index (χ3n) is 2.74. The molecule has 0 amide bonds. The lowest BCUT2D eigenvalue weighted by molar-refractivity contribution is 0.395. The number of methoxy groups -OCH3 is 2. The standard InChI is InChI=1S/C12H21N3O4S/c1-15(8-4-7-13)20(16,17)14-11-6-5-10(18-2)9-12(11)19-3/h5-6,9,14H,4,7-8,13H2,1-3H3. The van der Waals surface area contributed by atoms with Crippen molar-refractivity contribution in [2.75, 3.05) is 39.1 Å². The van der Waals surface area contributed by atoms with Gasteiger partial charge >= 0.3 is 10.2 Å². The molecule has 114 valence electrons. The number of anilines is 1. The largest absolute Gasteiger partial charge is 0.497 e. The summed E-state index contributed by atoms with van der Waals surface area (Å²) in [6.45, 7) is 0.788. The number of hydrogen-bond donors (Lipinski definition) is 2. The third-order valence-corrected chi connectivity index (χ3v) is 4.22. The molecule has 0 saturated carbocycles. The Kier molecular flexibility index (Phi) is 6.05. The van der Waals surface area contributed by atoms with E-state index in [2.05, 4.69) is 4.72 Å². The molecule has 20 heavy (non-hydrogen) atoms. The smallest absolute Gasteiger partial charge is 0.301 e. The Morgan fingerprint density at radius 3 is 2.55 bits per heavy atom. The van der Waals surface area contributed by atoms with E-state index >= 15 is 0 Å². The van der Waals surface area contributed by atoms with Crippen LogP contribution in [0.1, 0.15) is 6.42 Å². The summed E-state index contributed by atoms with van der Waals surface area (Å²) in [5.41, 5.74) is 5.73. The van der Waals surface area contributed by atoms with E-state index in [0.717, 1.165) is 0 Å². The van der Waals surface area contributed by atoms with Gasteiger partial charge in [-0.1, -0.05) is 0 Å². The number of hydrogen-bond acceptors (Lipinski definition) is 5. The number of benzene rings is 1. The van der Waals surface area contributed by atoms with Crippen LogP contribution in [0.25, 0.3) is 0 Å². The number of rotatable bonds is 8. The average Bonchev–Trinajstić information content (AvgIpc) is 2.44. The predicted molar refractivity (Wildman–Crippen MR) is 78.4 cm³/mol. The molecule has 0 bridgehead atoms. The molecule has 8 heteroatoms. The molecule has 0 aliphatic heterocycles. The van der Waals surface area contributed by atoms with Gasteiger partial charge in [0.05, 0.1) is 19.9 Å². The maximum Gasteiger partial charge on any atom is 0.301 e. The molecule has 0 aliphatic rings. The van der Waals surface area contributed by atoms with E-state index in [-0.39, 0.29) is 0 Å². The molecule has 0 fully saturated rings. The summed E-state index contributed by atoms with van der Waals surface area (Å²) in [5.74, 6) is 0.974. The number of nitrogens with two attached hydrogens (primary N) is 1. The van der Waals surface area contributed by atoms with Crippen LogP contribution in [0.2, 0.25) is 0 Å². The lowest BCUT2D eigenvalue weighted by atomic mass is 10.3. The summed E-state index contributed by atoms with van der Waals surface area (Å²) >= 11 is 0. The van der Waals surface area contributed by atoms with E-state index < -0.39 is 10.2 Å². The molecule has 0 unspecified atom stereocenters. The fourth-order valence-electron chi connectivity index (χ4n) is 1.53. The third kappa shape index (κ3) is 4.26. The van der Waals surface area contributed by atoms with Gasteiger partial charge in [-0.15, -0.1) is 0 Å². The Labute approximate surface area is 119 Å². The highest BCUT2D eigenvalue weighted by Crippen LogP contribution is 2.30. The van der Waals surface area contributed by atoms with Gasteiger partial charge in [-0.25, -0.2) is 0 Å². The van der Waals surface area contributed by atoms with E-state index in [9.17, 15) is 8.42 Å². The second-order valence-electron chi connectivity index (χ2n) is 4.14. The first kappa shape index (κ1) is 16.5. The van der Waals surface area contributed by atoms with Crippen LogP contribution in [0.15, 0.2) is 18.2 Å². The molecule has 0 spiro atoms. The summed E-state index contributed by atoms with van der Waals surface area (Å²) in [5, 5.41) is 0. The normalized spacial score (nSPS) is 11.4. The van der Waals surface area contributed by atoms with Gasteiger partial charge in [0.25, 0.3) is 0 Å². The lowest BCUT2D eigenvalue weighted by Crippen LogP contribution is -2.34. The summed E-state index contributed by atoms with van der Waals surface area (Å²) in [6, 6.07) is 4.85. The van der Waals surface area contributed by atoms with Crippen LogP contribution in [-0.4, -0.2) is 47.1 Å². The Morgan fingerprint density at radius 2 is 2.00 bits per heavy atom. The van der Waals surface area contributed by atoms with Crippen LogP contribution in [0.3, 0.4) is 0 Å². The van der Waals surface area contributed by atoms with Crippen molar-refractivity contribution in [2.24, 2.45) is 5.73 Å². The molecule has 0 heterocycles. The second kappa shape index (κ2) is 7.32. The van der Waals surface area contributed by atoms with Crippen LogP contribution in [0.4, 0.5) is 5.69 Å². The Balaban J connectivity index is 2.91. The van der Waals surface area contributed by atoms with Crippen LogP contribution in [0, 0.1) is 0 Å². The maximum absolute atomic E-state index is 12.1. The highest BCUT2D eigenvalue weighted by molar-refractivity contribution is 7.90. The fraction of sp³-hybridized carbons (Fsp3) is 0.500. The van der Waals surface area contributed by atoms with Gasteiger partial charge in [-0.05, 0) is 25.1 Å². The van der Waals surface area contributed by atoms with E-state index in [4.69, 9.17) is 15.2 Å². The highest BCUT2D eigenvalue weighted by Gasteiger charge is 2.19. The van der Waals surface area contributed by atoms with Crippen molar-refractivity contribution < 1.29 is 17.9 Å². The fourth-order valence-corrected chi connectivity index (χ4v) is 2.51. The summed E-state index contributed by atoms with van der Waals surface area (Å²) in [7, 11) is 0.853. The molecule has 3 N–H and O–H groups in total. The quantitative estimate of drug-likeness (QED) is 0.735. The molecule has 1 aromatic rings. The minimum absolute atomic E-state index is 0.351. The van der Waals surface area contributed by atoms with Gasteiger partial charge in [-0.3, -0.25) is 4.72 Å². The van der Waals surface area contributed by atoms with Crippen molar-refractivity contribution in [3.05, 3.63) is 18.2 Å². The first-order valence-electron chi connectivity index (χ1n) is 6.10. The van der Waals surface area contributed by atoms with E-state index in [1.807, 2.05) is 0 Å². The molecule has 0 aliphatic carbocycles. The van der Waals surface area contributed by atoms with Gasteiger partial charge in [0.2, 0.25) is 0 Å². The summed E-state index contributed by atoms with van der Waals surface area (Å²) in [4.78, 5) is 0. The van der Waals surface area contributed by atoms with Gasteiger partial charge in [-0.2, -0.15) is 12.7 Å². The molecule has 1 aromatic carbocycles. The molecule has 1 rings (SSSR count). The van der Waals surface area contributed by atoms with Crippen LogP contribution < -0.4 is 19.9 Å². The number of nitrogens with zero attached hydrogens (tertiary/aromatic N) is 1. The Bertz CT molecular complexity index is 534. The Hall–Kier alpha value is -1.51. The zero-order chi connectivity index (χ0) is 15.2. The van der Waals surface area contributed by atoms with Crippen molar-refractivity contribution in [1.82, 2.24) is 4.31 Å². The molecule has 0 atom stereocenters. The average molecular weight is 303 g/mol. The lowest BCUT2D eigenvalue weighted by Gasteiger charge is -2.19. The van der Waals surface area contributed by atoms with Gasteiger partial charge < -0.3 is 15.2 Å². The van der Waals surface area contributed by atoms with E-state index in [1.54, 1.807) is 18.2 Å². The van der Waals surface area contributed by atoms with Crippen molar-refractivity contribution in [3.63, 3.8) is 0 Å². The van der Waals surface area contributed by atoms with Crippen molar-refractivity contribution >= 4 is 15.9 Å². The molecular weight excluding hydrogens is 282 g/mol. The first-order chi connectivity index (χ1) is 9.44.